The van der Waals surface area contributed by atoms with Crippen LogP contribution in [0.4, 0.5) is 17.5 Å². The van der Waals surface area contributed by atoms with Crippen molar-refractivity contribution in [2.24, 2.45) is 0 Å². The van der Waals surface area contributed by atoms with E-state index >= 15 is 0 Å². The van der Waals surface area contributed by atoms with Gasteiger partial charge in [0.05, 0.1) is 0 Å². The summed E-state index contributed by atoms with van der Waals surface area (Å²) < 4.78 is 0. The normalized spacial score (nSPS) is 14.5. The molecule has 0 spiro atoms. The molecule has 26 heavy (non-hydrogen) atoms. The van der Waals surface area contributed by atoms with Gasteiger partial charge in [-0.1, -0.05) is 0 Å². The van der Waals surface area contributed by atoms with Crippen molar-refractivity contribution in [3.05, 3.63) is 41.9 Å². The van der Waals surface area contributed by atoms with Gasteiger partial charge in [-0.2, -0.15) is 5.10 Å². The highest BCUT2D eigenvalue weighted by atomic mass is 15.2. The second kappa shape index (κ2) is 7.09. The number of pyridine rings is 1. The number of aromatic amines is 1. The summed E-state index contributed by atoms with van der Waals surface area (Å²) in [5, 5.41) is 13.7. The summed E-state index contributed by atoms with van der Waals surface area (Å²) in [5.74, 6) is 3.09. The van der Waals surface area contributed by atoms with Crippen LogP contribution in [0.1, 0.15) is 11.4 Å². The van der Waals surface area contributed by atoms with Gasteiger partial charge in [0, 0.05) is 61.5 Å². The molecule has 134 valence electrons. The van der Waals surface area contributed by atoms with Crippen molar-refractivity contribution in [2.75, 3.05) is 36.4 Å². The zero-order valence-corrected chi connectivity index (χ0v) is 15.0. The third-order valence-electron chi connectivity index (χ3n) is 4.26. The molecule has 1 aliphatic heterocycles. The smallest absolute Gasteiger partial charge is 0.163 e. The molecular weight excluding hydrogens is 328 g/mol. The minimum absolute atomic E-state index is 0.652. The molecule has 8 nitrogen and oxygen atoms in total. The van der Waals surface area contributed by atoms with E-state index in [9.17, 15) is 0 Å². The van der Waals surface area contributed by atoms with Gasteiger partial charge in [0.15, 0.2) is 11.6 Å². The Morgan fingerprint density at radius 2 is 1.88 bits per heavy atom. The number of aryl methyl sites for hydroxylation is 2. The molecule has 0 saturated carbocycles. The predicted molar refractivity (Wildman–Crippen MR) is 102 cm³/mol. The van der Waals surface area contributed by atoms with Gasteiger partial charge in [0.2, 0.25) is 0 Å². The lowest BCUT2D eigenvalue weighted by Gasteiger charge is -2.28. The van der Waals surface area contributed by atoms with Gasteiger partial charge in [0.1, 0.15) is 11.6 Å². The van der Waals surface area contributed by atoms with Gasteiger partial charge in [-0.05, 0) is 26.0 Å². The number of aromatic nitrogens is 5. The molecule has 1 aliphatic rings. The minimum Gasteiger partial charge on any atom is -0.354 e. The van der Waals surface area contributed by atoms with Gasteiger partial charge >= 0.3 is 0 Å². The van der Waals surface area contributed by atoms with Crippen molar-refractivity contribution in [1.29, 1.82) is 0 Å². The summed E-state index contributed by atoms with van der Waals surface area (Å²) in [6.45, 7) is 7.85. The Labute approximate surface area is 152 Å². The van der Waals surface area contributed by atoms with Crippen LogP contribution >= 0.6 is 0 Å². The number of anilines is 3. The molecule has 4 heterocycles. The molecule has 0 aromatic carbocycles. The number of hydrogen-bond acceptors (Lipinski definition) is 7. The standard InChI is InChI=1S/C18H22N8/c1-12-9-15(22-16-10-13(2)24-25-16)23-18(21-12)14-3-4-17(20-11-14)26-7-5-19-6-8-26/h3-4,9-11,19H,5-8H2,1-2H3,(H2,21,22,23,24,25). The summed E-state index contributed by atoms with van der Waals surface area (Å²) in [6, 6.07) is 7.90. The molecule has 3 N–H and O–H groups in total. The molecule has 8 heteroatoms. The van der Waals surface area contributed by atoms with E-state index in [1.54, 1.807) is 0 Å². The maximum atomic E-state index is 4.61. The summed E-state index contributed by atoms with van der Waals surface area (Å²) >= 11 is 0. The minimum atomic E-state index is 0.652. The molecule has 1 saturated heterocycles. The van der Waals surface area contributed by atoms with Gasteiger partial charge in [-0.25, -0.2) is 15.0 Å². The molecule has 3 aromatic rings. The van der Waals surface area contributed by atoms with Crippen LogP contribution in [0.15, 0.2) is 30.5 Å². The van der Waals surface area contributed by atoms with E-state index in [0.717, 1.165) is 54.8 Å². The molecule has 1 fully saturated rings. The first kappa shape index (κ1) is 16.5. The first-order valence-corrected chi connectivity index (χ1v) is 8.74. The van der Waals surface area contributed by atoms with Crippen LogP contribution in [0.3, 0.4) is 0 Å². The maximum absolute atomic E-state index is 4.61. The fourth-order valence-electron chi connectivity index (χ4n) is 2.97. The third kappa shape index (κ3) is 3.65. The lowest BCUT2D eigenvalue weighted by atomic mass is 10.2. The molecule has 4 rings (SSSR count). The first-order chi connectivity index (χ1) is 12.7. The van der Waals surface area contributed by atoms with Crippen molar-refractivity contribution >= 4 is 17.5 Å². The van der Waals surface area contributed by atoms with Gasteiger partial charge in [-0.15, -0.1) is 0 Å². The van der Waals surface area contributed by atoms with E-state index in [2.05, 4.69) is 40.7 Å². The topological polar surface area (TPSA) is 94.7 Å². The van der Waals surface area contributed by atoms with Crippen LogP contribution in [0.5, 0.6) is 0 Å². The molecule has 0 aliphatic carbocycles. The molecule has 0 bridgehead atoms. The average molecular weight is 350 g/mol. The highest BCUT2D eigenvalue weighted by Gasteiger charge is 2.12. The molecular formula is C18H22N8. The highest BCUT2D eigenvalue weighted by Crippen LogP contribution is 2.21. The van der Waals surface area contributed by atoms with Crippen LogP contribution < -0.4 is 15.5 Å². The van der Waals surface area contributed by atoms with E-state index in [1.807, 2.05) is 44.3 Å². The van der Waals surface area contributed by atoms with Crippen LogP contribution in [-0.2, 0) is 0 Å². The van der Waals surface area contributed by atoms with E-state index in [1.165, 1.54) is 0 Å². The van der Waals surface area contributed by atoms with Crippen LogP contribution in [0.2, 0.25) is 0 Å². The Morgan fingerprint density at radius 1 is 1.04 bits per heavy atom. The quantitative estimate of drug-likeness (QED) is 0.663. The Bertz CT molecular complexity index is 880. The summed E-state index contributed by atoms with van der Waals surface area (Å²) in [5.41, 5.74) is 2.77. The van der Waals surface area contributed by atoms with Crippen LogP contribution in [0, 0.1) is 13.8 Å². The van der Waals surface area contributed by atoms with Gasteiger partial charge < -0.3 is 15.5 Å². The van der Waals surface area contributed by atoms with E-state index in [-0.39, 0.29) is 0 Å². The van der Waals surface area contributed by atoms with Crippen LogP contribution in [0.25, 0.3) is 11.4 Å². The highest BCUT2D eigenvalue weighted by molar-refractivity contribution is 5.61. The van der Waals surface area contributed by atoms with E-state index < -0.39 is 0 Å². The zero-order chi connectivity index (χ0) is 17.9. The largest absolute Gasteiger partial charge is 0.354 e. The second-order valence-electron chi connectivity index (χ2n) is 6.42. The van der Waals surface area contributed by atoms with Crippen molar-refractivity contribution in [3.8, 4) is 11.4 Å². The molecule has 0 amide bonds. The maximum Gasteiger partial charge on any atom is 0.163 e. The molecule has 3 aromatic heterocycles. The van der Waals surface area contributed by atoms with Crippen molar-refractivity contribution in [3.63, 3.8) is 0 Å². The fourth-order valence-corrected chi connectivity index (χ4v) is 2.97. The molecule has 0 radical (unpaired) electrons. The number of H-pyrrole nitrogens is 1. The Balaban J connectivity index is 1.56. The Hall–Kier alpha value is -3.00. The Kier molecular flexibility index (Phi) is 4.49. The average Bonchev–Trinajstić information content (AvgIpc) is 3.07. The van der Waals surface area contributed by atoms with E-state index in [0.29, 0.717) is 11.6 Å². The SMILES string of the molecule is Cc1cc(Nc2cc(C)[nH]n2)nc(-c2ccc(N3CCNCC3)nc2)n1. The summed E-state index contributed by atoms with van der Waals surface area (Å²) in [4.78, 5) is 16.0. The number of piperazine rings is 1. The number of nitrogens with one attached hydrogen (secondary N) is 3. The lowest BCUT2D eigenvalue weighted by molar-refractivity contribution is 0.585. The number of hydrogen-bond donors (Lipinski definition) is 3. The molecule has 0 unspecified atom stereocenters. The monoisotopic (exact) mass is 350 g/mol. The van der Waals surface area contributed by atoms with Crippen molar-refractivity contribution < 1.29 is 0 Å². The zero-order valence-electron chi connectivity index (χ0n) is 15.0. The first-order valence-electron chi connectivity index (χ1n) is 8.74. The Morgan fingerprint density at radius 3 is 2.58 bits per heavy atom. The predicted octanol–water partition coefficient (Wildman–Crippen LogP) is 2.03. The molecule has 0 atom stereocenters. The number of nitrogens with zero attached hydrogens (tertiary/aromatic N) is 5. The van der Waals surface area contributed by atoms with Crippen molar-refractivity contribution in [2.45, 2.75) is 13.8 Å². The summed E-state index contributed by atoms with van der Waals surface area (Å²) in [7, 11) is 0. The summed E-state index contributed by atoms with van der Waals surface area (Å²) in [6.07, 6.45) is 1.84. The second-order valence-corrected chi connectivity index (χ2v) is 6.42. The third-order valence-corrected chi connectivity index (χ3v) is 4.26. The van der Waals surface area contributed by atoms with E-state index in [4.69, 9.17) is 0 Å². The van der Waals surface area contributed by atoms with Gasteiger partial charge in [0.25, 0.3) is 0 Å². The van der Waals surface area contributed by atoms with Gasteiger partial charge in [-0.3, -0.25) is 5.10 Å². The van der Waals surface area contributed by atoms with Crippen LogP contribution in [-0.4, -0.2) is 51.3 Å². The fraction of sp³-hybridized carbons (Fsp3) is 0.333. The van der Waals surface area contributed by atoms with Crippen molar-refractivity contribution in [1.82, 2.24) is 30.5 Å². The lowest BCUT2D eigenvalue weighted by Crippen LogP contribution is -2.43. The number of rotatable bonds is 4.